The molecule has 4 heteroatoms. The molecule has 3 aromatic rings. The summed E-state index contributed by atoms with van der Waals surface area (Å²) in [5.74, 6) is 0.00972. The summed E-state index contributed by atoms with van der Waals surface area (Å²) in [4.78, 5) is 0.375. The van der Waals surface area contributed by atoms with Crippen molar-refractivity contribution in [1.29, 1.82) is 0 Å². The topological polar surface area (TPSA) is 46.2 Å². The minimum absolute atomic E-state index is 0.00972. The van der Waals surface area contributed by atoms with Gasteiger partial charge in [0.25, 0.3) is 0 Å². The Morgan fingerprint density at radius 3 is 2.37 bits per heavy atom. The Kier molecular flexibility index (Phi) is 5.23. The van der Waals surface area contributed by atoms with Crippen LogP contribution in [-0.2, 0) is 21.0 Å². The fourth-order valence-corrected chi connectivity index (χ4v) is 5.69. The highest BCUT2D eigenvalue weighted by molar-refractivity contribution is 7.90. The number of rotatable bonds is 4. The maximum absolute atomic E-state index is 12.9. The molecule has 1 atom stereocenters. The van der Waals surface area contributed by atoms with Gasteiger partial charge in [0.2, 0.25) is 0 Å². The molecule has 0 amide bonds. The van der Waals surface area contributed by atoms with Gasteiger partial charge in [0.05, 0.1) is 16.7 Å². The molecule has 1 aliphatic heterocycles. The smallest absolute Gasteiger partial charge is 0.182 e. The van der Waals surface area contributed by atoms with Crippen LogP contribution in [0.2, 0.25) is 0 Å². The van der Waals surface area contributed by atoms with Crippen molar-refractivity contribution in [3.05, 3.63) is 94.5 Å². The first-order chi connectivity index (χ1) is 14.1. The first-order valence-corrected chi connectivity index (χ1v) is 12.1. The molecule has 1 unspecified atom stereocenters. The lowest BCUT2D eigenvalue weighted by atomic mass is 9.73. The second-order valence-electron chi connectivity index (χ2n) is 9.15. The van der Waals surface area contributed by atoms with E-state index in [-0.39, 0.29) is 17.2 Å². The van der Waals surface area contributed by atoms with Gasteiger partial charge in [-0.2, -0.15) is 0 Å². The van der Waals surface area contributed by atoms with Crippen molar-refractivity contribution in [2.75, 3.05) is 5.32 Å². The Labute approximate surface area is 180 Å². The molecule has 0 saturated carbocycles. The molecule has 0 saturated heterocycles. The van der Waals surface area contributed by atoms with E-state index in [1.807, 2.05) is 37.3 Å². The molecule has 3 nitrogen and oxygen atoms in total. The van der Waals surface area contributed by atoms with E-state index in [1.54, 1.807) is 12.1 Å². The van der Waals surface area contributed by atoms with Gasteiger partial charge in [-0.1, -0.05) is 73.5 Å². The fourth-order valence-electron chi connectivity index (χ4n) is 4.35. The summed E-state index contributed by atoms with van der Waals surface area (Å²) in [6.07, 6.45) is 0.956. The number of anilines is 1. The number of benzene rings is 3. The number of nitrogens with one attached hydrogen (secondary N) is 1. The molecule has 30 heavy (non-hydrogen) atoms. The molecule has 156 valence electrons. The average molecular weight is 420 g/mol. The van der Waals surface area contributed by atoms with Crippen molar-refractivity contribution in [2.24, 2.45) is 0 Å². The Morgan fingerprint density at radius 1 is 0.933 bits per heavy atom. The van der Waals surface area contributed by atoms with Gasteiger partial charge in [-0.3, -0.25) is 0 Å². The molecule has 1 N–H and O–H groups in total. The van der Waals surface area contributed by atoms with E-state index in [4.69, 9.17) is 0 Å². The van der Waals surface area contributed by atoms with Gasteiger partial charge in [0, 0.05) is 5.69 Å². The van der Waals surface area contributed by atoms with Gasteiger partial charge in [-0.25, -0.2) is 8.42 Å². The van der Waals surface area contributed by atoms with E-state index < -0.39 is 9.84 Å². The van der Waals surface area contributed by atoms with Crippen molar-refractivity contribution in [2.45, 2.75) is 56.2 Å². The van der Waals surface area contributed by atoms with Crippen molar-refractivity contribution >= 4 is 15.5 Å². The second kappa shape index (κ2) is 7.59. The third-order valence-electron chi connectivity index (χ3n) is 6.04. The second-order valence-corrected chi connectivity index (χ2v) is 11.1. The van der Waals surface area contributed by atoms with Gasteiger partial charge in [0.15, 0.2) is 9.84 Å². The Morgan fingerprint density at radius 2 is 1.63 bits per heavy atom. The largest absolute Gasteiger partial charge is 0.378 e. The highest BCUT2D eigenvalue weighted by Gasteiger charge is 2.33. The number of aryl methyl sites for hydroxylation is 2. The lowest BCUT2D eigenvalue weighted by molar-refractivity contribution is 0.427. The van der Waals surface area contributed by atoms with Crippen molar-refractivity contribution in [1.82, 2.24) is 0 Å². The van der Waals surface area contributed by atoms with E-state index in [0.717, 1.165) is 23.1 Å². The van der Waals surface area contributed by atoms with Crippen LogP contribution in [-0.4, -0.2) is 8.42 Å². The van der Waals surface area contributed by atoms with E-state index in [2.05, 4.69) is 50.4 Å². The van der Waals surface area contributed by atoms with Crippen LogP contribution in [0.1, 0.15) is 54.1 Å². The van der Waals surface area contributed by atoms with Crippen LogP contribution in [0.5, 0.6) is 0 Å². The van der Waals surface area contributed by atoms with Crippen LogP contribution in [0.15, 0.2) is 71.6 Å². The minimum atomic E-state index is -3.37. The van der Waals surface area contributed by atoms with Crippen LogP contribution < -0.4 is 5.32 Å². The molecular formula is C26H29NO2S. The summed E-state index contributed by atoms with van der Waals surface area (Å²) in [5, 5.41) is 3.67. The summed E-state index contributed by atoms with van der Waals surface area (Å²) in [5.41, 5.74) is 6.83. The van der Waals surface area contributed by atoms with Crippen LogP contribution >= 0.6 is 0 Å². The first-order valence-electron chi connectivity index (χ1n) is 10.4. The molecule has 0 radical (unpaired) electrons. The summed E-state index contributed by atoms with van der Waals surface area (Å²) in [7, 11) is -3.37. The lowest BCUT2D eigenvalue weighted by Gasteiger charge is -2.39. The molecule has 4 rings (SSSR count). The quantitative estimate of drug-likeness (QED) is 0.555. The summed E-state index contributed by atoms with van der Waals surface area (Å²) < 4.78 is 25.8. The minimum Gasteiger partial charge on any atom is -0.378 e. The summed E-state index contributed by atoms with van der Waals surface area (Å²) in [6, 6.07) is 21.8. The maximum atomic E-state index is 12.9. The van der Waals surface area contributed by atoms with E-state index in [9.17, 15) is 8.42 Å². The summed E-state index contributed by atoms with van der Waals surface area (Å²) in [6.45, 7) is 8.65. The Bertz CT molecular complexity index is 1180. The average Bonchev–Trinajstić information content (AvgIpc) is 2.68. The number of hydrogen-bond donors (Lipinski definition) is 1. The van der Waals surface area contributed by atoms with Crippen LogP contribution in [0.25, 0.3) is 0 Å². The Hall–Kier alpha value is -2.59. The van der Waals surface area contributed by atoms with Gasteiger partial charge >= 0.3 is 0 Å². The monoisotopic (exact) mass is 419 g/mol. The number of fused-ring (bicyclic) bond motifs is 1. The van der Waals surface area contributed by atoms with Gasteiger partial charge < -0.3 is 5.32 Å². The van der Waals surface area contributed by atoms with Gasteiger partial charge in [0.1, 0.15) is 0 Å². The third-order valence-corrected chi connectivity index (χ3v) is 7.74. The zero-order chi connectivity index (χ0) is 21.5. The van der Waals surface area contributed by atoms with Gasteiger partial charge in [-0.05, 0) is 60.6 Å². The predicted molar refractivity (Wildman–Crippen MR) is 124 cm³/mol. The molecule has 0 aliphatic carbocycles. The van der Waals surface area contributed by atoms with Crippen LogP contribution in [0.3, 0.4) is 0 Å². The molecule has 1 heterocycles. The highest BCUT2D eigenvalue weighted by atomic mass is 32.2. The molecular weight excluding hydrogens is 390 g/mol. The highest BCUT2D eigenvalue weighted by Crippen LogP contribution is 2.44. The number of hydrogen-bond acceptors (Lipinski definition) is 3. The normalized spacial score (nSPS) is 17.8. The van der Waals surface area contributed by atoms with Crippen molar-refractivity contribution in [3.8, 4) is 0 Å². The standard InChI is InChI=1S/C26H29NO2S/c1-18-8-11-22(12-9-18)30(28,29)17-20-6-5-7-21(15-20)25-16-26(3,4)23-14-19(2)10-13-24(23)27-25/h5-15,25,27H,16-17H2,1-4H3. The predicted octanol–water partition coefficient (Wildman–Crippen LogP) is 6.11. The molecule has 0 aromatic heterocycles. The van der Waals surface area contributed by atoms with Crippen LogP contribution in [0.4, 0.5) is 5.69 Å². The lowest BCUT2D eigenvalue weighted by Crippen LogP contribution is -2.31. The molecule has 3 aromatic carbocycles. The zero-order valence-corrected chi connectivity index (χ0v) is 18.9. The molecule has 1 aliphatic rings. The zero-order valence-electron chi connectivity index (χ0n) is 18.1. The van der Waals surface area contributed by atoms with E-state index in [0.29, 0.717) is 4.90 Å². The maximum Gasteiger partial charge on any atom is 0.182 e. The SMILES string of the molecule is Cc1ccc(S(=O)(=O)Cc2cccc(C3CC(C)(C)c4cc(C)ccc4N3)c2)cc1. The van der Waals surface area contributed by atoms with E-state index in [1.165, 1.54) is 16.8 Å². The molecule has 0 bridgehead atoms. The van der Waals surface area contributed by atoms with Gasteiger partial charge in [-0.15, -0.1) is 0 Å². The Balaban J connectivity index is 1.61. The van der Waals surface area contributed by atoms with Crippen molar-refractivity contribution < 1.29 is 8.42 Å². The third kappa shape index (κ3) is 4.15. The van der Waals surface area contributed by atoms with Crippen molar-refractivity contribution in [3.63, 3.8) is 0 Å². The molecule has 0 spiro atoms. The van der Waals surface area contributed by atoms with Crippen LogP contribution in [0, 0.1) is 13.8 Å². The first kappa shape index (κ1) is 20.7. The van der Waals surface area contributed by atoms with E-state index >= 15 is 0 Å². The summed E-state index contributed by atoms with van der Waals surface area (Å²) >= 11 is 0. The number of sulfone groups is 1. The molecule has 0 fully saturated rings. The fraction of sp³-hybridized carbons (Fsp3) is 0.308.